The molecule has 1 N–H and O–H groups in total. The van der Waals surface area contributed by atoms with E-state index >= 15 is 0 Å². The van der Waals surface area contributed by atoms with Gasteiger partial charge in [-0.25, -0.2) is 4.98 Å². The van der Waals surface area contributed by atoms with Crippen LogP contribution in [0.5, 0.6) is 5.88 Å². The van der Waals surface area contributed by atoms with Gasteiger partial charge in [-0.05, 0) is 37.0 Å². The maximum Gasteiger partial charge on any atom is 0.225 e. The molecule has 20 heavy (non-hydrogen) atoms. The van der Waals surface area contributed by atoms with E-state index in [0.717, 1.165) is 25.8 Å². The largest absolute Gasteiger partial charge is 0.478 e. The average Bonchev–Trinajstić information content (AvgIpc) is 2.51. The minimum atomic E-state index is 0.619. The summed E-state index contributed by atoms with van der Waals surface area (Å²) in [4.78, 5) is 12.4. The van der Waals surface area contributed by atoms with Crippen molar-refractivity contribution in [2.24, 2.45) is 0 Å². The van der Waals surface area contributed by atoms with Gasteiger partial charge in [0, 0.05) is 31.2 Å². The predicted molar refractivity (Wildman–Crippen MR) is 78.9 cm³/mol. The number of pyridine rings is 1. The fourth-order valence-electron chi connectivity index (χ4n) is 1.75. The quantitative estimate of drug-likeness (QED) is 0.749. The number of aryl methyl sites for hydroxylation is 1. The van der Waals surface area contributed by atoms with Crippen LogP contribution in [-0.2, 0) is 6.42 Å². The Morgan fingerprint density at radius 3 is 2.80 bits per heavy atom. The molecule has 2 aromatic rings. The second kappa shape index (κ2) is 8.09. The molecule has 0 fully saturated rings. The summed E-state index contributed by atoms with van der Waals surface area (Å²) in [6, 6.07) is 5.83. The molecular formula is C15H20N4O. The molecule has 0 radical (unpaired) electrons. The molecule has 2 aromatic heterocycles. The van der Waals surface area contributed by atoms with Crippen molar-refractivity contribution in [2.45, 2.75) is 26.2 Å². The van der Waals surface area contributed by atoms with Crippen LogP contribution in [0.4, 0.5) is 5.95 Å². The Morgan fingerprint density at radius 1 is 1.15 bits per heavy atom. The first-order valence-corrected chi connectivity index (χ1v) is 6.97. The summed E-state index contributed by atoms with van der Waals surface area (Å²) in [5.41, 5.74) is 1.27. The molecule has 0 aliphatic carbocycles. The number of hydrogen-bond acceptors (Lipinski definition) is 5. The number of nitrogens with one attached hydrogen (secondary N) is 1. The zero-order chi connectivity index (χ0) is 14.0. The molecule has 0 aromatic carbocycles. The van der Waals surface area contributed by atoms with Gasteiger partial charge in [0.1, 0.15) is 0 Å². The summed E-state index contributed by atoms with van der Waals surface area (Å²) >= 11 is 0. The van der Waals surface area contributed by atoms with Gasteiger partial charge in [-0.15, -0.1) is 0 Å². The van der Waals surface area contributed by atoms with Crippen molar-refractivity contribution in [3.05, 3.63) is 42.4 Å². The van der Waals surface area contributed by atoms with E-state index < -0.39 is 0 Å². The Labute approximate surface area is 119 Å². The molecule has 0 amide bonds. The minimum absolute atomic E-state index is 0.619. The molecule has 0 atom stereocenters. The van der Waals surface area contributed by atoms with Crippen LogP contribution in [0.25, 0.3) is 0 Å². The van der Waals surface area contributed by atoms with Crippen molar-refractivity contribution in [1.82, 2.24) is 15.0 Å². The molecule has 2 heterocycles. The van der Waals surface area contributed by atoms with Gasteiger partial charge >= 0.3 is 0 Å². The van der Waals surface area contributed by atoms with E-state index in [9.17, 15) is 0 Å². The van der Waals surface area contributed by atoms with Crippen molar-refractivity contribution in [2.75, 3.05) is 18.5 Å². The van der Waals surface area contributed by atoms with Gasteiger partial charge in [-0.3, -0.25) is 4.98 Å². The molecule has 0 bridgehead atoms. The van der Waals surface area contributed by atoms with Crippen molar-refractivity contribution >= 4 is 5.95 Å². The first-order valence-electron chi connectivity index (χ1n) is 6.97. The van der Waals surface area contributed by atoms with E-state index in [2.05, 4.69) is 27.2 Å². The summed E-state index contributed by atoms with van der Waals surface area (Å²) in [5.74, 6) is 1.24. The van der Waals surface area contributed by atoms with Crippen molar-refractivity contribution in [3.63, 3.8) is 0 Å². The highest BCUT2D eigenvalue weighted by molar-refractivity contribution is 5.27. The number of ether oxygens (including phenoxy) is 1. The van der Waals surface area contributed by atoms with Gasteiger partial charge in [0.2, 0.25) is 11.8 Å². The lowest BCUT2D eigenvalue weighted by atomic mass is 10.1. The summed E-state index contributed by atoms with van der Waals surface area (Å²) < 4.78 is 5.64. The van der Waals surface area contributed by atoms with Gasteiger partial charge in [0.15, 0.2) is 0 Å². The van der Waals surface area contributed by atoms with Gasteiger partial charge in [0.25, 0.3) is 0 Å². The van der Waals surface area contributed by atoms with Crippen LogP contribution >= 0.6 is 0 Å². The Hall–Kier alpha value is -2.17. The smallest absolute Gasteiger partial charge is 0.225 e. The summed E-state index contributed by atoms with van der Waals surface area (Å²) in [6.45, 7) is 3.62. The van der Waals surface area contributed by atoms with Gasteiger partial charge in [-0.2, -0.15) is 4.98 Å². The molecule has 2 rings (SSSR count). The fraction of sp³-hybridized carbons (Fsp3) is 0.400. The van der Waals surface area contributed by atoms with Crippen LogP contribution in [0.1, 0.15) is 25.3 Å². The first kappa shape index (κ1) is 14.2. The SMILES string of the molecule is CCCNc1nccc(OCCCc2ccncc2)n1. The molecule has 0 aliphatic rings. The zero-order valence-electron chi connectivity index (χ0n) is 11.7. The maximum atomic E-state index is 5.64. The molecule has 5 heteroatoms. The zero-order valence-corrected chi connectivity index (χ0v) is 11.7. The summed E-state index contributed by atoms with van der Waals surface area (Å²) in [5, 5.41) is 3.14. The molecule has 0 aliphatic heterocycles. The van der Waals surface area contributed by atoms with Gasteiger partial charge < -0.3 is 10.1 Å². The normalized spacial score (nSPS) is 10.2. The van der Waals surface area contributed by atoms with E-state index in [1.807, 2.05) is 24.5 Å². The van der Waals surface area contributed by atoms with E-state index in [1.54, 1.807) is 12.3 Å². The maximum absolute atomic E-state index is 5.64. The molecule has 0 unspecified atom stereocenters. The Kier molecular flexibility index (Phi) is 5.76. The minimum Gasteiger partial charge on any atom is -0.478 e. The predicted octanol–water partition coefficient (Wildman–Crippen LogP) is 2.71. The van der Waals surface area contributed by atoms with Gasteiger partial charge in [-0.1, -0.05) is 6.92 Å². The Balaban J connectivity index is 1.73. The van der Waals surface area contributed by atoms with Crippen LogP contribution in [-0.4, -0.2) is 28.1 Å². The van der Waals surface area contributed by atoms with Crippen molar-refractivity contribution in [1.29, 1.82) is 0 Å². The topological polar surface area (TPSA) is 59.9 Å². The third kappa shape index (κ3) is 4.84. The van der Waals surface area contributed by atoms with E-state index in [1.165, 1.54) is 5.56 Å². The number of hydrogen-bond donors (Lipinski definition) is 1. The third-order valence-electron chi connectivity index (χ3n) is 2.77. The number of nitrogens with zero attached hydrogens (tertiary/aromatic N) is 3. The van der Waals surface area contributed by atoms with Crippen LogP contribution in [0.3, 0.4) is 0 Å². The standard InChI is InChI=1S/C15H20N4O/c1-2-8-17-15-18-11-7-14(19-15)20-12-3-4-13-5-9-16-10-6-13/h5-7,9-11H,2-4,8,12H2,1H3,(H,17,18,19). The monoisotopic (exact) mass is 272 g/mol. The number of aromatic nitrogens is 3. The van der Waals surface area contributed by atoms with Crippen LogP contribution in [0, 0.1) is 0 Å². The molecule has 5 nitrogen and oxygen atoms in total. The highest BCUT2D eigenvalue weighted by atomic mass is 16.5. The molecule has 0 saturated heterocycles. The number of rotatable bonds is 8. The highest BCUT2D eigenvalue weighted by Crippen LogP contribution is 2.09. The first-order chi connectivity index (χ1) is 9.88. The Morgan fingerprint density at radius 2 is 2.00 bits per heavy atom. The van der Waals surface area contributed by atoms with E-state index in [-0.39, 0.29) is 0 Å². The van der Waals surface area contributed by atoms with E-state index in [0.29, 0.717) is 18.4 Å². The lowest BCUT2D eigenvalue weighted by Gasteiger charge is -2.07. The molecule has 0 saturated carbocycles. The lowest BCUT2D eigenvalue weighted by Crippen LogP contribution is -2.06. The third-order valence-corrected chi connectivity index (χ3v) is 2.77. The van der Waals surface area contributed by atoms with E-state index in [4.69, 9.17) is 4.74 Å². The Bertz CT molecular complexity index is 504. The summed E-state index contributed by atoms with van der Waals surface area (Å²) in [7, 11) is 0. The van der Waals surface area contributed by atoms with Crippen LogP contribution in [0.15, 0.2) is 36.8 Å². The lowest BCUT2D eigenvalue weighted by molar-refractivity contribution is 0.299. The highest BCUT2D eigenvalue weighted by Gasteiger charge is 1.99. The number of anilines is 1. The van der Waals surface area contributed by atoms with Crippen LogP contribution in [0.2, 0.25) is 0 Å². The fourth-order valence-corrected chi connectivity index (χ4v) is 1.75. The molecular weight excluding hydrogens is 252 g/mol. The van der Waals surface area contributed by atoms with Gasteiger partial charge in [0.05, 0.1) is 6.61 Å². The van der Waals surface area contributed by atoms with Crippen molar-refractivity contribution < 1.29 is 4.74 Å². The van der Waals surface area contributed by atoms with Crippen molar-refractivity contribution in [3.8, 4) is 5.88 Å². The van der Waals surface area contributed by atoms with Crippen LogP contribution < -0.4 is 10.1 Å². The second-order valence-electron chi connectivity index (χ2n) is 4.45. The summed E-state index contributed by atoms with van der Waals surface area (Å²) in [6.07, 6.45) is 8.31. The molecule has 0 spiro atoms. The second-order valence-corrected chi connectivity index (χ2v) is 4.45. The molecule has 106 valence electrons. The average molecular weight is 272 g/mol.